The number of hydrogen-bond donors (Lipinski definition) is 2. The molecule has 2 rings (SSSR count). The first kappa shape index (κ1) is 14.5. The molecule has 20 heavy (non-hydrogen) atoms. The summed E-state index contributed by atoms with van der Waals surface area (Å²) in [6.45, 7) is 3.04. The van der Waals surface area contributed by atoms with Gasteiger partial charge in [0.2, 0.25) is 5.91 Å². The molecule has 2 aromatic rings. The third kappa shape index (κ3) is 3.82. The highest BCUT2D eigenvalue weighted by Crippen LogP contribution is 2.17. The van der Waals surface area contributed by atoms with Gasteiger partial charge in [-0.2, -0.15) is 0 Å². The normalized spacial score (nSPS) is 10.5. The van der Waals surface area contributed by atoms with Crippen molar-refractivity contribution < 1.29 is 4.79 Å². The van der Waals surface area contributed by atoms with E-state index in [4.69, 9.17) is 5.73 Å². The van der Waals surface area contributed by atoms with Crippen LogP contribution in [0.2, 0.25) is 0 Å². The molecule has 0 aliphatic rings. The highest BCUT2D eigenvalue weighted by Gasteiger charge is 2.11. The summed E-state index contributed by atoms with van der Waals surface area (Å²) in [4.78, 5) is 11.8. The molecule has 0 bridgehead atoms. The van der Waals surface area contributed by atoms with Crippen molar-refractivity contribution in [1.82, 2.24) is 14.8 Å². The number of carbonyl (C=O) groups is 1. The second-order valence-corrected chi connectivity index (χ2v) is 5.12. The third-order valence-corrected chi connectivity index (χ3v) is 3.61. The highest BCUT2D eigenvalue weighted by molar-refractivity contribution is 7.99. The van der Waals surface area contributed by atoms with Crippen LogP contribution >= 0.6 is 11.8 Å². The van der Waals surface area contributed by atoms with Crippen LogP contribution in [0, 0.1) is 6.92 Å². The zero-order valence-corrected chi connectivity index (χ0v) is 12.1. The van der Waals surface area contributed by atoms with Crippen LogP contribution in [-0.2, 0) is 11.3 Å². The molecule has 0 aliphatic carbocycles. The van der Waals surface area contributed by atoms with Crippen LogP contribution in [0.25, 0.3) is 0 Å². The molecule has 1 aromatic carbocycles. The van der Waals surface area contributed by atoms with Gasteiger partial charge in [-0.1, -0.05) is 30.0 Å². The summed E-state index contributed by atoms with van der Waals surface area (Å²) in [5, 5.41) is 11.6. The Kier molecular flexibility index (Phi) is 5.14. The molecule has 0 atom stereocenters. The van der Waals surface area contributed by atoms with Crippen molar-refractivity contribution in [2.45, 2.75) is 18.6 Å². The number of aryl methyl sites for hydroxylation is 1. The molecule has 0 saturated heterocycles. The van der Waals surface area contributed by atoms with Gasteiger partial charge >= 0.3 is 0 Å². The van der Waals surface area contributed by atoms with Gasteiger partial charge in [0.15, 0.2) is 5.16 Å². The first-order valence-electron chi connectivity index (χ1n) is 6.28. The topological polar surface area (TPSA) is 85.8 Å². The van der Waals surface area contributed by atoms with Gasteiger partial charge in [-0.25, -0.2) is 0 Å². The lowest BCUT2D eigenvalue weighted by Crippen LogP contribution is -2.16. The minimum atomic E-state index is -0.0684. The molecule has 106 valence electrons. The molecule has 0 saturated carbocycles. The van der Waals surface area contributed by atoms with Crippen LogP contribution in [0.1, 0.15) is 5.82 Å². The molecule has 0 fully saturated rings. The molecule has 0 spiro atoms. The number of rotatable bonds is 6. The van der Waals surface area contributed by atoms with Gasteiger partial charge in [0.25, 0.3) is 0 Å². The maximum absolute atomic E-state index is 11.8. The van der Waals surface area contributed by atoms with Crippen LogP contribution in [0.3, 0.4) is 0 Å². The second kappa shape index (κ2) is 7.06. The summed E-state index contributed by atoms with van der Waals surface area (Å²) < 4.78 is 1.92. The van der Waals surface area contributed by atoms with Gasteiger partial charge in [0, 0.05) is 18.8 Å². The summed E-state index contributed by atoms with van der Waals surface area (Å²) in [7, 11) is 0. The van der Waals surface area contributed by atoms with Crippen molar-refractivity contribution in [3.63, 3.8) is 0 Å². The highest BCUT2D eigenvalue weighted by atomic mass is 32.2. The molecule has 1 heterocycles. The Bertz CT molecular complexity index is 569. The Morgan fingerprint density at radius 3 is 2.80 bits per heavy atom. The van der Waals surface area contributed by atoms with Gasteiger partial charge in [-0.05, 0) is 19.1 Å². The molecule has 1 aromatic heterocycles. The van der Waals surface area contributed by atoms with Crippen molar-refractivity contribution in [3.8, 4) is 0 Å². The van der Waals surface area contributed by atoms with Gasteiger partial charge in [0.05, 0.1) is 5.75 Å². The first-order valence-corrected chi connectivity index (χ1v) is 7.27. The summed E-state index contributed by atoms with van der Waals surface area (Å²) in [5.41, 5.74) is 6.34. The zero-order valence-electron chi connectivity index (χ0n) is 11.2. The first-order chi connectivity index (χ1) is 9.70. The van der Waals surface area contributed by atoms with E-state index in [0.717, 1.165) is 16.7 Å². The van der Waals surface area contributed by atoms with E-state index in [1.807, 2.05) is 41.8 Å². The van der Waals surface area contributed by atoms with E-state index in [1.54, 1.807) is 0 Å². The molecule has 0 aliphatic heterocycles. The molecule has 7 heteroatoms. The summed E-state index contributed by atoms with van der Waals surface area (Å²) in [6, 6.07) is 9.36. The number of nitrogens with one attached hydrogen (secondary N) is 1. The fourth-order valence-electron chi connectivity index (χ4n) is 1.70. The van der Waals surface area contributed by atoms with Gasteiger partial charge in [-0.3, -0.25) is 4.79 Å². The lowest BCUT2D eigenvalue weighted by atomic mass is 10.3. The van der Waals surface area contributed by atoms with Crippen LogP contribution in [0.15, 0.2) is 35.5 Å². The number of nitrogens with two attached hydrogens (primary N) is 1. The summed E-state index contributed by atoms with van der Waals surface area (Å²) in [6.07, 6.45) is 0. The predicted molar refractivity (Wildman–Crippen MR) is 79.6 cm³/mol. The lowest BCUT2D eigenvalue weighted by molar-refractivity contribution is -0.113. The van der Waals surface area contributed by atoms with E-state index in [0.29, 0.717) is 13.1 Å². The monoisotopic (exact) mass is 291 g/mol. The number of thioether (sulfide) groups is 1. The fourth-order valence-corrected chi connectivity index (χ4v) is 2.51. The van der Waals surface area contributed by atoms with Crippen molar-refractivity contribution in [3.05, 3.63) is 36.2 Å². The van der Waals surface area contributed by atoms with E-state index >= 15 is 0 Å². The lowest BCUT2D eigenvalue weighted by Gasteiger charge is -2.07. The Hall–Kier alpha value is -1.86. The Labute approximate surface area is 121 Å². The number of para-hydroxylation sites is 1. The smallest absolute Gasteiger partial charge is 0.234 e. The quantitative estimate of drug-likeness (QED) is 0.783. The average Bonchev–Trinajstić information content (AvgIpc) is 2.79. The molecule has 0 radical (unpaired) electrons. The molecule has 3 N–H and O–H groups in total. The number of amides is 1. The van der Waals surface area contributed by atoms with Gasteiger partial charge in [0.1, 0.15) is 5.82 Å². The van der Waals surface area contributed by atoms with Gasteiger partial charge < -0.3 is 15.6 Å². The number of carbonyl (C=O) groups excluding carboxylic acids is 1. The van der Waals surface area contributed by atoms with Crippen LogP contribution in [0.5, 0.6) is 0 Å². The SMILES string of the molecule is Cc1nnc(SCC(=O)Nc2ccccc2)n1CCN. The van der Waals surface area contributed by atoms with Crippen LogP contribution in [0.4, 0.5) is 5.69 Å². The van der Waals surface area contributed by atoms with Crippen LogP contribution < -0.4 is 11.1 Å². The molecule has 6 nitrogen and oxygen atoms in total. The maximum Gasteiger partial charge on any atom is 0.234 e. The molecular weight excluding hydrogens is 274 g/mol. The molecule has 0 unspecified atom stereocenters. The van der Waals surface area contributed by atoms with Crippen molar-refractivity contribution in [2.75, 3.05) is 17.6 Å². The standard InChI is InChI=1S/C13H17N5OS/c1-10-16-17-13(18(10)8-7-14)20-9-12(19)15-11-5-3-2-4-6-11/h2-6H,7-9,14H2,1H3,(H,15,19). The largest absolute Gasteiger partial charge is 0.329 e. The second-order valence-electron chi connectivity index (χ2n) is 4.17. The van der Waals surface area contributed by atoms with Crippen molar-refractivity contribution in [2.24, 2.45) is 5.73 Å². The van der Waals surface area contributed by atoms with Crippen LogP contribution in [-0.4, -0.2) is 33.0 Å². The minimum Gasteiger partial charge on any atom is -0.329 e. The van der Waals surface area contributed by atoms with Crippen molar-refractivity contribution in [1.29, 1.82) is 0 Å². The average molecular weight is 291 g/mol. The Morgan fingerprint density at radius 1 is 1.35 bits per heavy atom. The van der Waals surface area contributed by atoms with Crippen molar-refractivity contribution >= 4 is 23.4 Å². The van der Waals surface area contributed by atoms with E-state index < -0.39 is 0 Å². The number of aromatic nitrogens is 3. The number of nitrogens with zero attached hydrogens (tertiary/aromatic N) is 3. The third-order valence-electron chi connectivity index (χ3n) is 2.64. The van der Waals surface area contributed by atoms with E-state index in [-0.39, 0.29) is 11.7 Å². The Balaban J connectivity index is 1.90. The van der Waals surface area contributed by atoms with E-state index in [1.165, 1.54) is 11.8 Å². The zero-order chi connectivity index (χ0) is 14.4. The fraction of sp³-hybridized carbons (Fsp3) is 0.308. The number of benzene rings is 1. The summed E-state index contributed by atoms with van der Waals surface area (Å²) in [5.74, 6) is 1.03. The number of hydrogen-bond acceptors (Lipinski definition) is 5. The van der Waals surface area contributed by atoms with Gasteiger partial charge in [-0.15, -0.1) is 10.2 Å². The van der Waals surface area contributed by atoms with E-state index in [9.17, 15) is 4.79 Å². The predicted octanol–water partition coefficient (Wildman–Crippen LogP) is 1.28. The number of anilines is 1. The molecule has 1 amide bonds. The maximum atomic E-state index is 11.8. The molecular formula is C13H17N5OS. The van der Waals surface area contributed by atoms with E-state index in [2.05, 4.69) is 15.5 Å². The Morgan fingerprint density at radius 2 is 2.10 bits per heavy atom. The minimum absolute atomic E-state index is 0.0684. The summed E-state index contributed by atoms with van der Waals surface area (Å²) >= 11 is 1.36.